The zero-order valence-corrected chi connectivity index (χ0v) is 25.5. The van der Waals surface area contributed by atoms with E-state index < -0.39 is 24.3 Å². The smallest absolute Gasteiger partial charge is 0.407 e. The van der Waals surface area contributed by atoms with E-state index in [1.807, 2.05) is 72.8 Å². The third-order valence-corrected chi connectivity index (χ3v) is 8.08. The van der Waals surface area contributed by atoms with E-state index in [0.717, 1.165) is 21.9 Å². The van der Waals surface area contributed by atoms with E-state index >= 15 is 0 Å². The number of nitriles is 1. The van der Waals surface area contributed by atoms with E-state index in [-0.39, 0.29) is 64.1 Å². The van der Waals surface area contributed by atoms with Crippen molar-refractivity contribution in [3.8, 4) is 6.07 Å². The predicted molar refractivity (Wildman–Crippen MR) is 170 cm³/mol. The third-order valence-electron chi connectivity index (χ3n) is 8.08. The number of hydrogen-bond acceptors (Lipinski definition) is 7. The number of urea groups is 1. The number of hydrogen-bond donors (Lipinski definition) is 2. The van der Waals surface area contributed by atoms with Crippen LogP contribution in [0.25, 0.3) is 10.8 Å². The van der Waals surface area contributed by atoms with Crippen molar-refractivity contribution >= 4 is 34.7 Å². The molecular weight excluding hydrogens is 586 g/mol. The van der Waals surface area contributed by atoms with Crippen LogP contribution in [0.3, 0.4) is 0 Å². The number of amides is 5. The van der Waals surface area contributed by atoms with Gasteiger partial charge in [-0.05, 0) is 34.7 Å². The molecule has 0 aromatic heterocycles. The van der Waals surface area contributed by atoms with E-state index in [0.29, 0.717) is 6.42 Å². The number of piperazine rings is 1. The maximum Gasteiger partial charge on any atom is 0.407 e. The van der Waals surface area contributed by atoms with Crippen molar-refractivity contribution < 1.29 is 23.9 Å². The van der Waals surface area contributed by atoms with Crippen molar-refractivity contribution in [2.24, 2.45) is 0 Å². The van der Waals surface area contributed by atoms with Gasteiger partial charge in [-0.1, -0.05) is 85.5 Å². The van der Waals surface area contributed by atoms with Gasteiger partial charge >= 0.3 is 12.1 Å². The first-order chi connectivity index (χ1) is 22.4. The van der Waals surface area contributed by atoms with Gasteiger partial charge in [0.05, 0.1) is 19.2 Å². The van der Waals surface area contributed by atoms with Gasteiger partial charge in [0, 0.05) is 19.6 Å². The summed E-state index contributed by atoms with van der Waals surface area (Å²) in [5, 5.41) is 20.1. The van der Waals surface area contributed by atoms with Crippen molar-refractivity contribution in [3.63, 3.8) is 0 Å². The largest absolute Gasteiger partial charge is 0.445 e. The Morgan fingerprint density at radius 1 is 1.02 bits per heavy atom. The summed E-state index contributed by atoms with van der Waals surface area (Å²) in [6, 6.07) is 23.9. The molecule has 5 amide bonds. The Hall–Kier alpha value is -5.41. The number of nitrogens with one attached hydrogen (secondary N) is 2. The molecule has 0 spiro atoms. The molecule has 2 fully saturated rings. The van der Waals surface area contributed by atoms with Crippen molar-refractivity contribution in [2.45, 2.75) is 38.1 Å². The minimum Gasteiger partial charge on any atom is -0.445 e. The van der Waals surface area contributed by atoms with Gasteiger partial charge in [-0.3, -0.25) is 9.59 Å². The number of carbonyl (C=O) groups excluding carboxylic acids is 4. The Labute approximate surface area is 267 Å². The zero-order valence-electron chi connectivity index (χ0n) is 25.5. The zero-order chi connectivity index (χ0) is 32.5. The Kier molecular flexibility index (Phi) is 10.5. The van der Waals surface area contributed by atoms with Gasteiger partial charge < -0.3 is 25.2 Å². The van der Waals surface area contributed by atoms with E-state index in [1.54, 1.807) is 4.90 Å². The number of ether oxygens (including phenoxy) is 1. The maximum absolute atomic E-state index is 14.2. The quantitative estimate of drug-likeness (QED) is 0.190. The highest BCUT2D eigenvalue weighted by molar-refractivity contribution is 5.92. The van der Waals surface area contributed by atoms with E-state index in [9.17, 15) is 24.4 Å². The lowest BCUT2D eigenvalue weighted by atomic mass is 9.99. The van der Waals surface area contributed by atoms with Gasteiger partial charge in [0.2, 0.25) is 11.8 Å². The molecule has 0 bridgehead atoms. The first kappa shape index (κ1) is 32.0. The number of carbonyl (C=O) groups is 4. The van der Waals surface area contributed by atoms with Crippen molar-refractivity contribution in [2.75, 3.05) is 32.8 Å². The Balaban J connectivity index is 1.43. The Morgan fingerprint density at radius 3 is 2.57 bits per heavy atom. The normalized spacial score (nSPS) is 18.1. The lowest BCUT2D eigenvalue weighted by molar-refractivity contribution is -0.189. The fourth-order valence-electron chi connectivity index (χ4n) is 5.99. The fraction of sp³-hybridized carbons (Fsp3) is 0.324. The van der Waals surface area contributed by atoms with Crippen LogP contribution in [0.15, 0.2) is 85.5 Å². The molecule has 3 aromatic carbocycles. The van der Waals surface area contributed by atoms with Gasteiger partial charge in [0.1, 0.15) is 25.4 Å². The Bertz CT molecular complexity index is 1620. The molecule has 238 valence electrons. The first-order valence-corrected chi connectivity index (χ1v) is 15.2. The van der Waals surface area contributed by atoms with E-state index in [4.69, 9.17) is 4.74 Å². The summed E-state index contributed by atoms with van der Waals surface area (Å²) in [6.07, 6.45) is 0.623. The number of nitrogens with zero attached hydrogens (tertiary/aromatic N) is 5. The molecule has 1 unspecified atom stereocenters. The summed E-state index contributed by atoms with van der Waals surface area (Å²) in [5.41, 5.74) is 1.82. The first-order valence-electron chi connectivity index (χ1n) is 15.2. The van der Waals surface area contributed by atoms with E-state index in [2.05, 4.69) is 23.3 Å². The number of fused-ring (bicyclic) bond motifs is 2. The highest BCUT2D eigenvalue weighted by atomic mass is 16.5. The number of alkyl carbamates (subject to hydrolysis) is 1. The molecule has 2 aliphatic heterocycles. The van der Waals surface area contributed by atoms with Crippen LogP contribution in [-0.2, 0) is 27.4 Å². The summed E-state index contributed by atoms with van der Waals surface area (Å²) in [5.74, 6) is -0.598. The molecule has 3 aromatic rings. The summed E-state index contributed by atoms with van der Waals surface area (Å²) in [4.78, 5) is 56.7. The standard InChI is InChI=1S/C34H37N7O5/c1-2-20-46-34(45)36-18-9-16-29-32(43)38(22-27-14-8-13-26-12-6-7-15-28(26)27)23-30-40(29)31(42)24-39(19-17-35)41(30)33(44)37-21-25-10-4-3-5-11-25/h2-8,10-15,29-30H,1,9,16,18-24H2,(H,36,45)(H,37,44)/t29-,30?/m0/s1. The predicted octanol–water partition coefficient (Wildman–Crippen LogP) is 3.36. The molecule has 0 aliphatic carbocycles. The van der Waals surface area contributed by atoms with Gasteiger partial charge in [-0.2, -0.15) is 10.3 Å². The molecule has 2 saturated heterocycles. The molecule has 2 heterocycles. The topological polar surface area (TPSA) is 138 Å². The lowest BCUT2D eigenvalue weighted by Crippen LogP contribution is -2.76. The fourth-order valence-corrected chi connectivity index (χ4v) is 5.99. The molecule has 5 rings (SSSR count). The molecule has 2 atom stereocenters. The summed E-state index contributed by atoms with van der Waals surface area (Å²) < 4.78 is 4.97. The van der Waals surface area contributed by atoms with Crippen LogP contribution in [0.4, 0.5) is 9.59 Å². The molecule has 0 radical (unpaired) electrons. The lowest BCUT2D eigenvalue weighted by Gasteiger charge is -2.54. The number of benzene rings is 3. The van der Waals surface area contributed by atoms with Crippen LogP contribution >= 0.6 is 0 Å². The second-order valence-corrected chi connectivity index (χ2v) is 11.1. The van der Waals surface area contributed by atoms with Crippen molar-refractivity contribution in [3.05, 3.63) is 96.6 Å². The average molecular weight is 624 g/mol. The van der Waals surface area contributed by atoms with Gasteiger partial charge in [0.15, 0.2) is 0 Å². The average Bonchev–Trinajstić information content (AvgIpc) is 3.07. The highest BCUT2D eigenvalue weighted by Gasteiger charge is 2.51. The second kappa shape index (κ2) is 15.0. The summed E-state index contributed by atoms with van der Waals surface area (Å²) in [6.45, 7) is 3.95. The number of rotatable bonds is 11. The third kappa shape index (κ3) is 7.27. The molecular formula is C34H37N7O5. The van der Waals surface area contributed by atoms with Crippen LogP contribution in [-0.4, -0.2) is 88.7 Å². The van der Waals surface area contributed by atoms with Crippen LogP contribution < -0.4 is 10.6 Å². The highest BCUT2D eigenvalue weighted by Crippen LogP contribution is 2.30. The maximum atomic E-state index is 14.2. The minimum absolute atomic E-state index is 0.0527. The second-order valence-electron chi connectivity index (χ2n) is 11.1. The number of hydrazine groups is 1. The summed E-state index contributed by atoms with van der Waals surface area (Å²) in [7, 11) is 0. The molecule has 12 heteroatoms. The molecule has 12 nitrogen and oxygen atoms in total. The van der Waals surface area contributed by atoms with Gasteiger partial charge in [-0.15, -0.1) is 0 Å². The molecule has 2 N–H and O–H groups in total. The van der Waals surface area contributed by atoms with Gasteiger partial charge in [-0.25, -0.2) is 14.6 Å². The van der Waals surface area contributed by atoms with Crippen molar-refractivity contribution in [1.82, 2.24) is 30.5 Å². The van der Waals surface area contributed by atoms with Crippen LogP contribution in [0.5, 0.6) is 0 Å². The van der Waals surface area contributed by atoms with E-state index in [1.165, 1.54) is 21.0 Å². The molecule has 0 saturated carbocycles. The van der Waals surface area contributed by atoms with Crippen LogP contribution in [0.1, 0.15) is 24.0 Å². The minimum atomic E-state index is -0.888. The molecule has 2 aliphatic rings. The SMILES string of the molecule is C=CCOC(=O)NCCC[C@H]1C(=O)N(Cc2cccc3ccccc23)CC2N1C(=O)CN(CC#N)N2C(=O)NCc1ccccc1. The van der Waals surface area contributed by atoms with Gasteiger partial charge in [0.25, 0.3) is 0 Å². The summed E-state index contributed by atoms with van der Waals surface area (Å²) >= 11 is 0. The monoisotopic (exact) mass is 623 g/mol. The molecule has 46 heavy (non-hydrogen) atoms. The van der Waals surface area contributed by atoms with Crippen LogP contribution in [0.2, 0.25) is 0 Å². The van der Waals surface area contributed by atoms with Crippen molar-refractivity contribution in [1.29, 1.82) is 5.26 Å². The Morgan fingerprint density at radius 2 is 1.78 bits per heavy atom. The van der Waals surface area contributed by atoms with Crippen LogP contribution in [0, 0.1) is 11.3 Å².